The van der Waals surface area contributed by atoms with E-state index in [9.17, 15) is 14.9 Å². The number of nitro groups is 1. The molecular formula is C21H17N5O4. The predicted molar refractivity (Wildman–Crippen MR) is 108 cm³/mol. The van der Waals surface area contributed by atoms with Crippen LogP contribution in [-0.2, 0) is 6.54 Å². The zero-order chi connectivity index (χ0) is 21.1. The number of furan rings is 1. The van der Waals surface area contributed by atoms with E-state index < -0.39 is 10.8 Å². The topological polar surface area (TPSA) is 116 Å². The van der Waals surface area contributed by atoms with E-state index in [1.54, 1.807) is 48.7 Å². The predicted octanol–water partition coefficient (Wildman–Crippen LogP) is 3.67. The highest BCUT2D eigenvalue weighted by atomic mass is 16.6. The number of pyridine rings is 1. The fraction of sp³-hybridized carbons (Fsp3) is 0.0952. The van der Waals surface area contributed by atoms with Gasteiger partial charge in [-0.05, 0) is 37.3 Å². The molecule has 1 amide bonds. The minimum Gasteiger partial charge on any atom is -0.460 e. The highest BCUT2D eigenvalue weighted by Crippen LogP contribution is 2.25. The zero-order valence-corrected chi connectivity index (χ0v) is 16.0. The Kier molecular flexibility index (Phi) is 5.08. The molecule has 0 unspecified atom stereocenters. The number of rotatable bonds is 6. The monoisotopic (exact) mass is 403 g/mol. The van der Waals surface area contributed by atoms with Crippen molar-refractivity contribution in [3.8, 4) is 17.1 Å². The molecule has 0 aliphatic carbocycles. The summed E-state index contributed by atoms with van der Waals surface area (Å²) in [6, 6.07) is 16.5. The molecule has 150 valence electrons. The van der Waals surface area contributed by atoms with E-state index in [1.165, 1.54) is 16.8 Å². The Labute approximate surface area is 171 Å². The Hall–Kier alpha value is -4.27. The summed E-state index contributed by atoms with van der Waals surface area (Å²) < 4.78 is 6.99. The van der Waals surface area contributed by atoms with Crippen LogP contribution in [0.3, 0.4) is 0 Å². The quantitative estimate of drug-likeness (QED) is 0.388. The molecule has 0 saturated heterocycles. The first kappa shape index (κ1) is 19.1. The van der Waals surface area contributed by atoms with Gasteiger partial charge in [0, 0.05) is 24.4 Å². The number of nitro benzene ring substituents is 1. The normalized spacial score (nSPS) is 10.7. The van der Waals surface area contributed by atoms with Crippen molar-refractivity contribution in [1.82, 2.24) is 20.1 Å². The molecule has 4 aromatic rings. The third kappa shape index (κ3) is 3.95. The molecule has 3 heterocycles. The van der Waals surface area contributed by atoms with Crippen LogP contribution < -0.4 is 5.32 Å². The molecule has 0 aliphatic rings. The molecule has 0 fully saturated rings. The van der Waals surface area contributed by atoms with Gasteiger partial charge < -0.3 is 9.73 Å². The molecule has 1 aromatic carbocycles. The first-order chi connectivity index (χ1) is 14.5. The fourth-order valence-electron chi connectivity index (χ4n) is 2.93. The summed E-state index contributed by atoms with van der Waals surface area (Å²) in [5.74, 6) is 0.806. The van der Waals surface area contributed by atoms with Gasteiger partial charge in [0.1, 0.15) is 17.1 Å². The van der Waals surface area contributed by atoms with Crippen LogP contribution in [0.25, 0.3) is 17.1 Å². The number of hydrogen-bond donors (Lipinski definition) is 1. The average molecular weight is 403 g/mol. The lowest BCUT2D eigenvalue weighted by Gasteiger charge is -2.08. The maximum Gasteiger partial charge on any atom is 0.271 e. The van der Waals surface area contributed by atoms with E-state index in [0.717, 1.165) is 0 Å². The number of nitrogens with zero attached hydrogens (tertiary/aromatic N) is 4. The first-order valence-electron chi connectivity index (χ1n) is 9.11. The Morgan fingerprint density at radius 3 is 2.73 bits per heavy atom. The van der Waals surface area contributed by atoms with E-state index in [0.29, 0.717) is 28.6 Å². The lowest BCUT2D eigenvalue weighted by Crippen LogP contribution is -2.25. The van der Waals surface area contributed by atoms with E-state index in [2.05, 4.69) is 15.4 Å². The van der Waals surface area contributed by atoms with Crippen LogP contribution in [0.1, 0.15) is 21.9 Å². The summed E-state index contributed by atoms with van der Waals surface area (Å²) in [6.45, 7) is 2.04. The number of aryl methyl sites for hydroxylation is 1. The van der Waals surface area contributed by atoms with E-state index in [4.69, 9.17) is 4.42 Å². The number of hydrogen-bond acceptors (Lipinski definition) is 6. The zero-order valence-electron chi connectivity index (χ0n) is 16.0. The van der Waals surface area contributed by atoms with Crippen LogP contribution in [0.4, 0.5) is 5.69 Å². The van der Waals surface area contributed by atoms with Gasteiger partial charge in [-0.3, -0.25) is 19.9 Å². The van der Waals surface area contributed by atoms with Gasteiger partial charge in [0.25, 0.3) is 11.6 Å². The van der Waals surface area contributed by atoms with Crippen molar-refractivity contribution in [2.24, 2.45) is 0 Å². The molecule has 1 N–H and O–H groups in total. The summed E-state index contributed by atoms with van der Waals surface area (Å²) in [4.78, 5) is 27.8. The maximum atomic E-state index is 12.9. The van der Waals surface area contributed by atoms with Crippen LogP contribution in [0.5, 0.6) is 0 Å². The van der Waals surface area contributed by atoms with E-state index in [1.807, 2.05) is 13.0 Å². The maximum absolute atomic E-state index is 12.9. The summed E-state index contributed by atoms with van der Waals surface area (Å²) in [5.41, 5.74) is 1.65. The van der Waals surface area contributed by atoms with E-state index in [-0.39, 0.29) is 17.9 Å². The van der Waals surface area contributed by atoms with Crippen molar-refractivity contribution in [3.63, 3.8) is 0 Å². The second kappa shape index (κ2) is 8.00. The number of carbonyl (C=O) groups is 1. The average Bonchev–Trinajstić information content (AvgIpc) is 3.39. The Balaban J connectivity index is 1.72. The molecule has 3 aromatic heterocycles. The molecular weight excluding hydrogens is 386 g/mol. The number of non-ortho nitro benzene ring substituents is 1. The highest BCUT2D eigenvalue weighted by molar-refractivity contribution is 5.94. The van der Waals surface area contributed by atoms with Gasteiger partial charge in [-0.15, -0.1) is 0 Å². The van der Waals surface area contributed by atoms with Gasteiger partial charge in [0.2, 0.25) is 0 Å². The first-order valence-corrected chi connectivity index (χ1v) is 9.11. The lowest BCUT2D eigenvalue weighted by molar-refractivity contribution is -0.384. The number of aromatic nitrogens is 3. The van der Waals surface area contributed by atoms with Crippen molar-refractivity contribution in [3.05, 3.63) is 94.1 Å². The van der Waals surface area contributed by atoms with Gasteiger partial charge >= 0.3 is 0 Å². The third-order valence-corrected chi connectivity index (χ3v) is 4.38. The largest absolute Gasteiger partial charge is 0.460 e. The Bertz CT molecular complexity index is 1210. The second-order valence-electron chi connectivity index (χ2n) is 6.52. The van der Waals surface area contributed by atoms with Crippen molar-refractivity contribution >= 4 is 11.6 Å². The minimum absolute atomic E-state index is 0.0989. The van der Waals surface area contributed by atoms with Crippen LogP contribution >= 0.6 is 0 Å². The summed E-state index contributed by atoms with van der Waals surface area (Å²) in [6.07, 6.45) is 1.65. The molecule has 0 saturated carbocycles. The van der Waals surface area contributed by atoms with Crippen LogP contribution in [0, 0.1) is 17.0 Å². The lowest BCUT2D eigenvalue weighted by atomic mass is 10.2. The van der Waals surface area contributed by atoms with Gasteiger partial charge in [-0.1, -0.05) is 12.1 Å². The minimum atomic E-state index is -0.495. The standard InChI is InChI=1S/C21H17N5O4/c1-14-8-9-20(30-14)18-12-19(21(27)23-13-15-5-2-3-10-22-15)25(24-18)16-6-4-7-17(11-16)26(28)29/h2-12H,13H2,1H3,(H,23,27). The van der Waals surface area contributed by atoms with Gasteiger partial charge in [0.05, 0.1) is 22.8 Å². The molecule has 9 nitrogen and oxygen atoms in total. The van der Waals surface area contributed by atoms with Gasteiger partial charge in [0.15, 0.2) is 5.76 Å². The molecule has 0 radical (unpaired) electrons. The smallest absolute Gasteiger partial charge is 0.271 e. The molecule has 0 aliphatic heterocycles. The van der Waals surface area contributed by atoms with Gasteiger partial charge in [-0.2, -0.15) is 5.10 Å². The van der Waals surface area contributed by atoms with Crippen molar-refractivity contribution in [2.45, 2.75) is 13.5 Å². The molecule has 30 heavy (non-hydrogen) atoms. The summed E-state index contributed by atoms with van der Waals surface area (Å²) >= 11 is 0. The SMILES string of the molecule is Cc1ccc(-c2cc(C(=O)NCc3ccccn3)n(-c3cccc([N+](=O)[O-])c3)n2)o1. The summed E-state index contributed by atoms with van der Waals surface area (Å²) in [5, 5.41) is 18.4. The highest BCUT2D eigenvalue weighted by Gasteiger charge is 2.20. The van der Waals surface area contributed by atoms with E-state index >= 15 is 0 Å². The molecule has 9 heteroatoms. The fourth-order valence-corrected chi connectivity index (χ4v) is 2.93. The van der Waals surface area contributed by atoms with Gasteiger partial charge in [-0.25, -0.2) is 4.68 Å². The van der Waals surface area contributed by atoms with Crippen LogP contribution in [0.2, 0.25) is 0 Å². The van der Waals surface area contributed by atoms with Crippen molar-refractivity contribution < 1.29 is 14.1 Å². The van der Waals surface area contributed by atoms with Crippen LogP contribution in [-0.4, -0.2) is 25.6 Å². The van der Waals surface area contributed by atoms with Crippen molar-refractivity contribution in [1.29, 1.82) is 0 Å². The molecule has 0 spiro atoms. The molecule has 0 bridgehead atoms. The molecule has 4 rings (SSSR count). The Morgan fingerprint density at radius 1 is 1.17 bits per heavy atom. The number of nitrogens with one attached hydrogen (secondary N) is 1. The second-order valence-corrected chi connectivity index (χ2v) is 6.52. The third-order valence-electron chi connectivity index (χ3n) is 4.38. The number of carbonyl (C=O) groups excluding carboxylic acids is 1. The molecule has 0 atom stereocenters. The van der Waals surface area contributed by atoms with Crippen LogP contribution in [0.15, 0.2) is 71.3 Å². The Morgan fingerprint density at radius 2 is 2.03 bits per heavy atom. The summed E-state index contributed by atoms with van der Waals surface area (Å²) in [7, 11) is 0. The number of amides is 1. The van der Waals surface area contributed by atoms with Crippen molar-refractivity contribution in [2.75, 3.05) is 0 Å². The number of benzene rings is 1.